The third-order valence-electron chi connectivity index (χ3n) is 3.56. The van der Waals surface area contributed by atoms with Crippen molar-refractivity contribution in [1.29, 1.82) is 0 Å². The minimum atomic E-state index is -0.376. The van der Waals surface area contributed by atoms with Crippen molar-refractivity contribution in [2.45, 2.75) is 0 Å². The Morgan fingerprint density at radius 2 is 1.54 bits per heavy atom. The lowest BCUT2D eigenvalue weighted by atomic mass is 10.0. The molecule has 3 aromatic carbocycles. The molecule has 0 bridgehead atoms. The Hall–Kier alpha value is -2.40. The molecule has 26 heavy (non-hydrogen) atoms. The number of phenolic OH excluding ortho intramolecular Hbond substituents is 1. The van der Waals surface area contributed by atoms with Gasteiger partial charge in [-0.3, -0.25) is 4.79 Å². The lowest BCUT2D eigenvalue weighted by Crippen LogP contribution is -2.02. The van der Waals surface area contributed by atoms with Crippen molar-refractivity contribution < 1.29 is 14.6 Å². The number of carbonyl (C=O) groups is 1. The number of ether oxygens (including phenoxy) is 1. The molecule has 7 heteroatoms. The third-order valence-corrected chi connectivity index (χ3v) is 4.37. The number of phenols is 1. The van der Waals surface area contributed by atoms with Crippen LogP contribution in [0, 0.1) is 0 Å². The second-order valence-electron chi connectivity index (χ2n) is 5.43. The SMILES string of the molecule is Nc1cc(Cl)c(Oc2ccc(O)c(C(=O)c3ccc(Cl)cc3)c2)c(Cl)c1. The number of halogens is 3. The number of aromatic hydroxyl groups is 1. The van der Waals surface area contributed by atoms with Crippen LogP contribution in [0.25, 0.3) is 0 Å². The Balaban J connectivity index is 1.96. The highest BCUT2D eigenvalue weighted by Crippen LogP contribution is 2.39. The van der Waals surface area contributed by atoms with Gasteiger partial charge in [-0.15, -0.1) is 0 Å². The summed E-state index contributed by atoms with van der Waals surface area (Å²) >= 11 is 18.1. The van der Waals surface area contributed by atoms with E-state index in [1.165, 1.54) is 30.3 Å². The van der Waals surface area contributed by atoms with Gasteiger partial charge < -0.3 is 15.6 Å². The molecule has 0 aliphatic carbocycles. The van der Waals surface area contributed by atoms with Crippen LogP contribution in [0.4, 0.5) is 5.69 Å². The van der Waals surface area contributed by atoms with Crippen LogP contribution in [0.3, 0.4) is 0 Å². The van der Waals surface area contributed by atoms with Gasteiger partial charge in [0, 0.05) is 16.3 Å². The molecule has 0 atom stereocenters. The highest BCUT2D eigenvalue weighted by Gasteiger charge is 2.16. The number of nitrogen functional groups attached to an aromatic ring is 1. The molecule has 0 heterocycles. The Kier molecular flexibility index (Phi) is 5.28. The number of hydrogen-bond acceptors (Lipinski definition) is 4. The van der Waals surface area contributed by atoms with Gasteiger partial charge in [0.1, 0.15) is 11.5 Å². The van der Waals surface area contributed by atoms with Gasteiger partial charge in [0.05, 0.1) is 15.6 Å². The van der Waals surface area contributed by atoms with Crippen LogP contribution < -0.4 is 10.5 Å². The standard InChI is InChI=1S/C19H12Cl3NO3/c20-11-3-1-10(2-4-11)18(25)14-9-13(5-6-17(14)24)26-19-15(21)7-12(23)8-16(19)22/h1-9,24H,23H2. The van der Waals surface area contributed by atoms with Gasteiger partial charge in [-0.25, -0.2) is 0 Å². The van der Waals surface area contributed by atoms with Crippen molar-refractivity contribution >= 4 is 46.3 Å². The minimum absolute atomic E-state index is 0.0764. The van der Waals surface area contributed by atoms with Crippen molar-refractivity contribution in [3.05, 3.63) is 80.8 Å². The maximum Gasteiger partial charge on any atom is 0.196 e. The van der Waals surface area contributed by atoms with Crippen molar-refractivity contribution in [2.24, 2.45) is 0 Å². The Morgan fingerprint density at radius 1 is 0.923 bits per heavy atom. The monoisotopic (exact) mass is 407 g/mol. The van der Waals surface area contributed by atoms with Gasteiger partial charge in [0.2, 0.25) is 0 Å². The molecule has 3 N–H and O–H groups in total. The summed E-state index contributed by atoms with van der Waals surface area (Å²) in [5, 5.41) is 11.0. The van der Waals surface area contributed by atoms with E-state index >= 15 is 0 Å². The van der Waals surface area contributed by atoms with Crippen LogP contribution in [0.15, 0.2) is 54.6 Å². The fourth-order valence-corrected chi connectivity index (χ4v) is 3.02. The van der Waals surface area contributed by atoms with E-state index in [9.17, 15) is 9.90 Å². The summed E-state index contributed by atoms with van der Waals surface area (Å²) in [4.78, 5) is 12.6. The van der Waals surface area contributed by atoms with E-state index < -0.39 is 0 Å². The van der Waals surface area contributed by atoms with E-state index in [-0.39, 0.29) is 38.6 Å². The molecule has 3 rings (SSSR count). The molecule has 0 aliphatic heterocycles. The Labute approximate surface area is 164 Å². The highest BCUT2D eigenvalue weighted by atomic mass is 35.5. The largest absolute Gasteiger partial charge is 0.507 e. The molecule has 0 saturated heterocycles. The lowest BCUT2D eigenvalue weighted by Gasteiger charge is -2.12. The highest BCUT2D eigenvalue weighted by molar-refractivity contribution is 6.37. The molecular formula is C19H12Cl3NO3. The number of carbonyl (C=O) groups excluding carboxylic acids is 1. The average molecular weight is 409 g/mol. The molecule has 0 aromatic heterocycles. The molecule has 0 aliphatic rings. The molecule has 0 fully saturated rings. The zero-order valence-corrected chi connectivity index (χ0v) is 15.4. The number of benzene rings is 3. The van der Waals surface area contributed by atoms with Gasteiger partial charge in [0.15, 0.2) is 11.5 Å². The summed E-state index contributed by atoms with van der Waals surface area (Å²) in [6.45, 7) is 0. The predicted octanol–water partition coefficient (Wildman–Crippen LogP) is 5.96. The first kappa shape index (κ1) is 18.4. The smallest absolute Gasteiger partial charge is 0.196 e. The normalized spacial score (nSPS) is 10.6. The summed E-state index contributed by atoms with van der Waals surface area (Å²) in [6.07, 6.45) is 0. The summed E-state index contributed by atoms with van der Waals surface area (Å²) in [6, 6.07) is 13.6. The fourth-order valence-electron chi connectivity index (χ4n) is 2.31. The molecule has 3 aromatic rings. The third kappa shape index (κ3) is 3.88. The number of rotatable bonds is 4. The van der Waals surface area contributed by atoms with Crippen LogP contribution in [-0.2, 0) is 0 Å². The minimum Gasteiger partial charge on any atom is -0.507 e. The van der Waals surface area contributed by atoms with E-state index in [1.54, 1.807) is 24.3 Å². The fraction of sp³-hybridized carbons (Fsp3) is 0. The molecule has 4 nitrogen and oxygen atoms in total. The number of nitrogens with two attached hydrogens (primary N) is 1. The summed E-state index contributed by atoms with van der Waals surface area (Å²) in [5.41, 5.74) is 6.52. The maximum atomic E-state index is 12.6. The average Bonchev–Trinajstić information content (AvgIpc) is 2.59. The van der Waals surface area contributed by atoms with E-state index in [1.807, 2.05) is 0 Å². The Morgan fingerprint density at radius 3 is 2.15 bits per heavy atom. The van der Waals surface area contributed by atoms with Gasteiger partial charge in [-0.1, -0.05) is 34.8 Å². The molecule has 0 unspecified atom stereocenters. The van der Waals surface area contributed by atoms with Crippen LogP contribution in [0.2, 0.25) is 15.1 Å². The molecule has 0 radical (unpaired) electrons. The van der Waals surface area contributed by atoms with Crippen molar-refractivity contribution in [3.63, 3.8) is 0 Å². The lowest BCUT2D eigenvalue weighted by molar-refractivity contribution is 0.103. The van der Waals surface area contributed by atoms with Crippen molar-refractivity contribution in [1.82, 2.24) is 0 Å². The van der Waals surface area contributed by atoms with Crippen LogP contribution in [0.1, 0.15) is 15.9 Å². The van der Waals surface area contributed by atoms with Gasteiger partial charge in [-0.05, 0) is 54.6 Å². The summed E-state index contributed by atoms with van der Waals surface area (Å²) in [5.74, 6) is -0.0577. The predicted molar refractivity (Wildman–Crippen MR) is 104 cm³/mol. The zero-order chi connectivity index (χ0) is 18.8. The molecule has 132 valence electrons. The molecule has 0 spiro atoms. The van der Waals surface area contributed by atoms with Gasteiger partial charge in [-0.2, -0.15) is 0 Å². The van der Waals surface area contributed by atoms with E-state index in [0.717, 1.165) is 0 Å². The first-order chi connectivity index (χ1) is 12.3. The van der Waals surface area contributed by atoms with Crippen LogP contribution in [0.5, 0.6) is 17.2 Å². The quantitative estimate of drug-likeness (QED) is 0.413. The number of hydrogen-bond donors (Lipinski definition) is 2. The topological polar surface area (TPSA) is 72.6 Å². The van der Waals surface area contributed by atoms with Gasteiger partial charge in [0.25, 0.3) is 0 Å². The van der Waals surface area contributed by atoms with Crippen molar-refractivity contribution in [3.8, 4) is 17.2 Å². The van der Waals surface area contributed by atoms with Gasteiger partial charge >= 0.3 is 0 Å². The molecule has 0 amide bonds. The first-order valence-electron chi connectivity index (χ1n) is 7.41. The second kappa shape index (κ2) is 7.46. The van der Waals surface area contributed by atoms with Crippen LogP contribution >= 0.6 is 34.8 Å². The van der Waals surface area contributed by atoms with Crippen LogP contribution in [-0.4, -0.2) is 10.9 Å². The summed E-state index contributed by atoms with van der Waals surface area (Å²) in [7, 11) is 0. The molecule has 0 saturated carbocycles. The zero-order valence-electron chi connectivity index (χ0n) is 13.2. The number of ketones is 1. The maximum absolute atomic E-state index is 12.6. The summed E-state index contributed by atoms with van der Waals surface area (Å²) < 4.78 is 5.69. The molecular weight excluding hydrogens is 397 g/mol. The van der Waals surface area contributed by atoms with E-state index in [0.29, 0.717) is 16.3 Å². The number of anilines is 1. The first-order valence-corrected chi connectivity index (χ1v) is 8.54. The van der Waals surface area contributed by atoms with E-state index in [2.05, 4.69) is 0 Å². The second-order valence-corrected chi connectivity index (χ2v) is 6.68. The Bertz CT molecular complexity index is 965. The van der Waals surface area contributed by atoms with E-state index in [4.69, 9.17) is 45.3 Å². The van der Waals surface area contributed by atoms with Crippen molar-refractivity contribution in [2.75, 3.05) is 5.73 Å².